The van der Waals surface area contributed by atoms with Gasteiger partial charge >= 0.3 is 12.0 Å². The van der Waals surface area contributed by atoms with E-state index in [2.05, 4.69) is 17.4 Å². The number of likely N-dealkylation sites (N-methyl/N-ethyl adjacent to an activating group) is 1. The molecular weight excluding hydrogens is 354 g/mol. The number of rotatable bonds is 8. The van der Waals surface area contributed by atoms with E-state index in [1.54, 1.807) is 0 Å². The number of amides is 2. The highest BCUT2D eigenvalue weighted by Crippen LogP contribution is 2.28. The molecule has 6 heteroatoms. The Morgan fingerprint density at radius 3 is 2.36 bits per heavy atom. The molecule has 2 N–H and O–H groups in total. The Balaban J connectivity index is 1.56. The van der Waals surface area contributed by atoms with Gasteiger partial charge in [0, 0.05) is 24.7 Å². The lowest BCUT2D eigenvalue weighted by atomic mass is 9.85. The number of carbonyl (C=O) groups excluding carboxylic acids is 1. The lowest BCUT2D eigenvalue weighted by Crippen LogP contribution is -2.57. The van der Waals surface area contributed by atoms with Crippen molar-refractivity contribution in [2.45, 2.75) is 76.5 Å². The van der Waals surface area contributed by atoms with Crippen molar-refractivity contribution in [2.75, 3.05) is 13.1 Å². The van der Waals surface area contributed by atoms with Gasteiger partial charge in [0.05, 0.1) is 6.54 Å². The minimum absolute atomic E-state index is 0.0282. The maximum Gasteiger partial charge on any atom is 0.318 e. The van der Waals surface area contributed by atoms with Crippen LogP contribution in [0.4, 0.5) is 4.79 Å². The quantitative estimate of drug-likeness (QED) is 0.716. The summed E-state index contributed by atoms with van der Waals surface area (Å²) in [5.74, 6) is -0.791. The molecule has 154 valence electrons. The van der Waals surface area contributed by atoms with Crippen molar-refractivity contribution in [3.05, 3.63) is 35.9 Å². The van der Waals surface area contributed by atoms with E-state index < -0.39 is 5.97 Å². The van der Waals surface area contributed by atoms with Gasteiger partial charge in [-0.05, 0) is 37.8 Å². The number of aliphatic carboxylic acids is 1. The van der Waals surface area contributed by atoms with Crippen LogP contribution in [-0.2, 0) is 11.3 Å². The first kappa shape index (κ1) is 20.6. The van der Waals surface area contributed by atoms with Crippen molar-refractivity contribution in [1.82, 2.24) is 15.1 Å². The van der Waals surface area contributed by atoms with Gasteiger partial charge in [-0.15, -0.1) is 0 Å². The van der Waals surface area contributed by atoms with E-state index in [4.69, 9.17) is 5.11 Å². The van der Waals surface area contributed by atoms with Gasteiger partial charge in [0.2, 0.25) is 0 Å². The van der Waals surface area contributed by atoms with E-state index in [1.165, 1.54) is 19.3 Å². The highest BCUT2D eigenvalue weighted by atomic mass is 16.4. The molecular formula is C22H33N3O3. The SMILES string of the molecule is CCN(CC(=O)O)C1CC(NC(=O)N(Cc2ccccc2)C2CCCCC2)C1. The molecule has 0 heterocycles. The molecule has 2 aliphatic rings. The van der Waals surface area contributed by atoms with Gasteiger partial charge in [0.15, 0.2) is 0 Å². The van der Waals surface area contributed by atoms with Gasteiger partial charge in [-0.1, -0.05) is 56.5 Å². The van der Waals surface area contributed by atoms with E-state index in [-0.39, 0.29) is 24.7 Å². The lowest BCUT2D eigenvalue weighted by Gasteiger charge is -2.43. The molecule has 0 aliphatic heterocycles. The van der Waals surface area contributed by atoms with Crippen LogP contribution < -0.4 is 5.32 Å². The van der Waals surface area contributed by atoms with Crippen LogP contribution in [0.15, 0.2) is 30.3 Å². The molecule has 0 bridgehead atoms. The summed E-state index contributed by atoms with van der Waals surface area (Å²) >= 11 is 0. The standard InChI is InChI=1S/C22H33N3O3/c1-2-24(16-21(26)27)20-13-18(14-20)23-22(28)25(19-11-7-4-8-12-19)15-17-9-5-3-6-10-17/h3,5-6,9-10,18-20H,2,4,7-8,11-16H2,1H3,(H,23,28)(H,26,27). The number of nitrogens with zero attached hydrogens (tertiary/aromatic N) is 2. The third-order valence-electron chi connectivity index (χ3n) is 6.17. The first-order valence-corrected chi connectivity index (χ1v) is 10.6. The van der Waals surface area contributed by atoms with Crippen molar-refractivity contribution in [1.29, 1.82) is 0 Å². The first-order valence-electron chi connectivity index (χ1n) is 10.6. The molecule has 2 saturated carbocycles. The Morgan fingerprint density at radius 1 is 1.07 bits per heavy atom. The molecule has 0 aromatic heterocycles. The largest absolute Gasteiger partial charge is 0.480 e. The van der Waals surface area contributed by atoms with E-state index in [0.717, 1.165) is 37.8 Å². The van der Waals surface area contributed by atoms with E-state index in [1.807, 2.05) is 34.9 Å². The number of nitrogens with one attached hydrogen (secondary N) is 1. The normalized spacial score (nSPS) is 22.5. The van der Waals surface area contributed by atoms with Gasteiger partial charge in [-0.25, -0.2) is 4.79 Å². The van der Waals surface area contributed by atoms with Crippen molar-refractivity contribution >= 4 is 12.0 Å². The van der Waals surface area contributed by atoms with Gasteiger partial charge in [0.25, 0.3) is 0 Å². The van der Waals surface area contributed by atoms with Crippen molar-refractivity contribution < 1.29 is 14.7 Å². The van der Waals surface area contributed by atoms with Crippen LogP contribution in [0.5, 0.6) is 0 Å². The van der Waals surface area contributed by atoms with Crippen LogP contribution >= 0.6 is 0 Å². The number of carboxylic acids is 1. The second-order valence-corrected chi connectivity index (χ2v) is 8.13. The highest BCUT2D eigenvalue weighted by molar-refractivity contribution is 5.75. The van der Waals surface area contributed by atoms with E-state index in [9.17, 15) is 9.59 Å². The first-order chi connectivity index (χ1) is 13.6. The predicted octanol–water partition coefficient (Wildman–Crippen LogP) is 3.47. The fourth-order valence-electron chi connectivity index (χ4n) is 4.47. The molecule has 0 unspecified atom stereocenters. The van der Waals surface area contributed by atoms with Gasteiger partial charge in [0.1, 0.15) is 0 Å². The van der Waals surface area contributed by atoms with Gasteiger partial charge in [-0.3, -0.25) is 9.69 Å². The van der Waals surface area contributed by atoms with Gasteiger partial charge < -0.3 is 15.3 Å². The average molecular weight is 388 g/mol. The Labute approximate surface area is 167 Å². The van der Waals surface area contributed by atoms with E-state index >= 15 is 0 Å². The van der Waals surface area contributed by atoms with Crippen molar-refractivity contribution in [2.24, 2.45) is 0 Å². The fraction of sp³-hybridized carbons (Fsp3) is 0.636. The number of hydrogen-bond acceptors (Lipinski definition) is 3. The summed E-state index contributed by atoms with van der Waals surface area (Å²) in [4.78, 5) is 28.1. The Hall–Kier alpha value is -2.08. The van der Waals surface area contributed by atoms with Crippen molar-refractivity contribution in [3.63, 3.8) is 0 Å². The Morgan fingerprint density at radius 2 is 1.75 bits per heavy atom. The topological polar surface area (TPSA) is 72.9 Å². The molecule has 3 rings (SSSR count). The molecule has 2 aliphatic carbocycles. The Bertz CT molecular complexity index is 640. The summed E-state index contributed by atoms with van der Waals surface area (Å²) in [6, 6.07) is 10.9. The second kappa shape index (κ2) is 9.92. The summed E-state index contributed by atoms with van der Waals surface area (Å²) in [6.07, 6.45) is 7.46. The number of urea groups is 1. The van der Waals surface area contributed by atoms with Crippen LogP contribution in [0, 0.1) is 0 Å². The zero-order chi connectivity index (χ0) is 19.9. The minimum Gasteiger partial charge on any atom is -0.480 e. The fourth-order valence-corrected chi connectivity index (χ4v) is 4.47. The zero-order valence-electron chi connectivity index (χ0n) is 16.8. The van der Waals surface area contributed by atoms with Gasteiger partial charge in [-0.2, -0.15) is 0 Å². The summed E-state index contributed by atoms with van der Waals surface area (Å²) in [7, 11) is 0. The second-order valence-electron chi connectivity index (χ2n) is 8.13. The Kier molecular flexibility index (Phi) is 7.31. The van der Waals surface area contributed by atoms with Crippen LogP contribution in [0.1, 0.15) is 57.4 Å². The summed E-state index contributed by atoms with van der Waals surface area (Å²) in [6.45, 7) is 3.43. The number of carbonyl (C=O) groups is 2. The average Bonchev–Trinajstić information content (AvgIpc) is 2.68. The highest BCUT2D eigenvalue weighted by Gasteiger charge is 2.36. The maximum atomic E-state index is 13.1. The minimum atomic E-state index is -0.791. The van der Waals surface area contributed by atoms with Crippen LogP contribution in [0.25, 0.3) is 0 Å². The zero-order valence-corrected chi connectivity index (χ0v) is 16.8. The molecule has 0 radical (unpaired) electrons. The maximum absolute atomic E-state index is 13.1. The molecule has 0 spiro atoms. The molecule has 2 fully saturated rings. The van der Waals surface area contributed by atoms with Crippen LogP contribution in [-0.4, -0.2) is 58.1 Å². The summed E-state index contributed by atoms with van der Waals surface area (Å²) in [5, 5.41) is 12.2. The predicted molar refractivity (Wildman–Crippen MR) is 109 cm³/mol. The van der Waals surface area contributed by atoms with Crippen LogP contribution in [0.2, 0.25) is 0 Å². The monoisotopic (exact) mass is 387 g/mol. The van der Waals surface area contributed by atoms with E-state index in [0.29, 0.717) is 12.6 Å². The number of hydrogen-bond donors (Lipinski definition) is 2. The molecule has 6 nitrogen and oxygen atoms in total. The third kappa shape index (κ3) is 5.47. The summed E-state index contributed by atoms with van der Waals surface area (Å²) in [5.41, 5.74) is 1.16. The van der Waals surface area contributed by atoms with Crippen molar-refractivity contribution in [3.8, 4) is 0 Å². The molecule has 0 atom stereocenters. The molecule has 2 amide bonds. The molecule has 28 heavy (non-hydrogen) atoms. The number of benzene rings is 1. The molecule has 0 saturated heterocycles. The smallest absolute Gasteiger partial charge is 0.318 e. The molecule has 1 aromatic carbocycles. The third-order valence-corrected chi connectivity index (χ3v) is 6.17. The summed E-state index contributed by atoms with van der Waals surface area (Å²) < 4.78 is 0. The van der Waals surface area contributed by atoms with Crippen LogP contribution in [0.3, 0.4) is 0 Å². The molecule has 1 aromatic rings. The lowest BCUT2D eigenvalue weighted by molar-refractivity contribution is -0.139. The number of carboxylic acid groups (broad SMARTS) is 1.